The minimum absolute atomic E-state index is 0.0601. The maximum atomic E-state index is 10.8. The van der Waals surface area contributed by atoms with E-state index < -0.39 is 6.09 Å². The van der Waals surface area contributed by atoms with Gasteiger partial charge >= 0.3 is 6.09 Å². The third kappa shape index (κ3) is 13.0. The van der Waals surface area contributed by atoms with Crippen LogP contribution in [0, 0.1) is 29.6 Å². The number of hydrogen-bond donors (Lipinski definition) is 3. The van der Waals surface area contributed by atoms with E-state index in [0.717, 1.165) is 43.6 Å². The van der Waals surface area contributed by atoms with Crippen LogP contribution in [0.5, 0.6) is 0 Å². The van der Waals surface area contributed by atoms with E-state index in [1.165, 1.54) is 25.7 Å². The molecule has 2 saturated carbocycles. The molecule has 0 aromatic carbocycles. The molecule has 2 fully saturated rings. The molecule has 3 aliphatic rings. The first-order valence-corrected chi connectivity index (χ1v) is 13.4. The summed E-state index contributed by atoms with van der Waals surface area (Å²) in [6.07, 6.45) is 18.9. The van der Waals surface area contributed by atoms with Gasteiger partial charge in [0.1, 0.15) is 0 Å². The van der Waals surface area contributed by atoms with E-state index in [0.29, 0.717) is 17.8 Å². The number of nitrogens with one attached hydrogen (secondary N) is 1. The predicted molar refractivity (Wildman–Crippen MR) is 145 cm³/mol. The average Bonchev–Trinajstić information content (AvgIpc) is 3.46. The predicted octanol–water partition coefficient (Wildman–Crippen LogP) is 7.49. The van der Waals surface area contributed by atoms with Crippen molar-refractivity contribution in [1.82, 2.24) is 5.32 Å². The fraction of sp³-hybridized carbons (Fsp3) is 0.724. The summed E-state index contributed by atoms with van der Waals surface area (Å²) in [5.74, 6) is 2.44. The summed E-state index contributed by atoms with van der Waals surface area (Å²) in [7, 11) is 0. The molecule has 0 radical (unpaired) electrons. The minimum atomic E-state index is -0.959. The van der Waals surface area contributed by atoms with Gasteiger partial charge in [0.25, 0.3) is 0 Å². The Bertz CT molecular complexity index is 630. The summed E-state index contributed by atoms with van der Waals surface area (Å²) in [5, 5.41) is 11.5. The van der Waals surface area contributed by atoms with Crippen molar-refractivity contribution >= 4 is 12.0 Å². The van der Waals surface area contributed by atoms with Gasteiger partial charge in [-0.2, -0.15) is 0 Å². The highest BCUT2D eigenvalue weighted by Crippen LogP contribution is 2.42. The van der Waals surface area contributed by atoms with Crippen molar-refractivity contribution in [2.24, 2.45) is 35.3 Å². The van der Waals surface area contributed by atoms with Crippen LogP contribution in [0.2, 0.25) is 0 Å². The molecule has 5 nitrogen and oxygen atoms in total. The zero-order chi connectivity index (χ0) is 26.1. The van der Waals surface area contributed by atoms with Gasteiger partial charge in [-0.15, -0.1) is 0 Å². The van der Waals surface area contributed by atoms with Crippen molar-refractivity contribution in [1.29, 1.82) is 0 Å². The van der Waals surface area contributed by atoms with Crippen LogP contribution in [0.25, 0.3) is 0 Å². The van der Waals surface area contributed by atoms with Crippen molar-refractivity contribution in [2.45, 2.75) is 105 Å². The zero-order valence-electron chi connectivity index (χ0n) is 22.7. The number of carbonyl (C=O) groups excluding carboxylic acids is 1. The minimum Gasteiger partial charge on any atom is -0.465 e. The lowest BCUT2D eigenvalue weighted by atomic mass is 9.92. The lowest BCUT2D eigenvalue weighted by Gasteiger charge is -2.23. The largest absolute Gasteiger partial charge is 0.465 e. The summed E-state index contributed by atoms with van der Waals surface area (Å²) in [5.41, 5.74) is 5.94. The average molecular weight is 477 g/mol. The molecule has 4 atom stereocenters. The topological polar surface area (TPSA) is 92.4 Å². The second kappa shape index (κ2) is 18.3. The smallest absolute Gasteiger partial charge is 0.405 e. The Morgan fingerprint density at radius 1 is 1.12 bits per heavy atom. The maximum Gasteiger partial charge on any atom is 0.405 e. The third-order valence-electron chi connectivity index (χ3n) is 6.93. The van der Waals surface area contributed by atoms with Gasteiger partial charge in [0.05, 0.1) is 6.04 Å². The molecule has 0 spiro atoms. The first-order chi connectivity index (χ1) is 16.1. The number of carbonyl (C=O) groups is 2. The highest BCUT2D eigenvalue weighted by molar-refractivity contribution is 5.76. The van der Waals surface area contributed by atoms with Crippen LogP contribution in [0.15, 0.2) is 36.5 Å². The van der Waals surface area contributed by atoms with Gasteiger partial charge < -0.3 is 16.2 Å². The van der Waals surface area contributed by atoms with Crippen LogP contribution >= 0.6 is 0 Å². The second-order valence-electron chi connectivity index (χ2n) is 9.94. The van der Waals surface area contributed by atoms with Gasteiger partial charge in [-0.25, -0.2) is 4.79 Å². The molecule has 0 aromatic heterocycles. The Labute approximate surface area is 209 Å². The summed E-state index contributed by atoms with van der Waals surface area (Å²) in [6, 6.07) is -0.111. The van der Waals surface area contributed by atoms with Crippen molar-refractivity contribution in [3.63, 3.8) is 0 Å². The molecule has 0 bridgehead atoms. The van der Waals surface area contributed by atoms with E-state index in [-0.39, 0.29) is 17.9 Å². The lowest BCUT2D eigenvalue weighted by Crippen LogP contribution is -2.39. The fourth-order valence-electron chi connectivity index (χ4n) is 4.83. The van der Waals surface area contributed by atoms with Crippen molar-refractivity contribution in [3.05, 3.63) is 36.5 Å². The van der Waals surface area contributed by atoms with Gasteiger partial charge in [0, 0.05) is 5.92 Å². The maximum absolute atomic E-state index is 10.8. The van der Waals surface area contributed by atoms with Crippen molar-refractivity contribution in [3.8, 4) is 0 Å². The lowest BCUT2D eigenvalue weighted by molar-refractivity contribution is -0.121. The van der Waals surface area contributed by atoms with E-state index in [9.17, 15) is 9.59 Å². The Balaban J connectivity index is 0.000000536. The van der Waals surface area contributed by atoms with Crippen molar-refractivity contribution in [2.75, 3.05) is 0 Å². The molecule has 4 unspecified atom stereocenters. The summed E-state index contributed by atoms with van der Waals surface area (Å²) >= 11 is 0. The van der Waals surface area contributed by atoms with Crippen LogP contribution in [-0.2, 0) is 4.79 Å². The number of hydrogen-bond acceptors (Lipinski definition) is 2. The molecule has 3 rings (SSSR count). The quantitative estimate of drug-likeness (QED) is 0.332. The van der Waals surface area contributed by atoms with E-state index >= 15 is 0 Å². The van der Waals surface area contributed by atoms with Gasteiger partial charge in [0.15, 0.2) is 0 Å². The molecule has 0 aromatic rings. The van der Waals surface area contributed by atoms with Crippen LogP contribution < -0.4 is 11.1 Å². The molecule has 0 aliphatic heterocycles. The normalized spacial score (nSPS) is 24.1. The number of unbranched alkanes of at least 4 members (excludes halogenated alkanes) is 1. The molecular weight excluding hydrogens is 424 g/mol. The molecular formula is C29H52N2O3. The first kappa shape index (κ1) is 32.0. The molecule has 5 heteroatoms. The van der Waals surface area contributed by atoms with E-state index in [4.69, 9.17) is 10.8 Å². The van der Waals surface area contributed by atoms with Crippen LogP contribution in [0.1, 0.15) is 99.3 Å². The summed E-state index contributed by atoms with van der Waals surface area (Å²) < 4.78 is 0. The fourth-order valence-corrected chi connectivity index (χ4v) is 4.83. The highest BCUT2D eigenvalue weighted by Gasteiger charge is 2.37. The number of amides is 2. The molecule has 196 valence electrons. The van der Waals surface area contributed by atoms with Crippen LogP contribution in [0.4, 0.5) is 4.79 Å². The Hall–Kier alpha value is -2.04. The Morgan fingerprint density at radius 3 is 1.94 bits per heavy atom. The SMILES string of the molecule is C=C(C)C(NC(=O)O)C1CC2C=CC=CC2C1.CC.CC1CCCC1.CCCCC(C)C(N)=O. The Kier molecular flexibility index (Phi) is 17.2. The van der Waals surface area contributed by atoms with Crippen LogP contribution in [-0.4, -0.2) is 23.1 Å². The molecule has 34 heavy (non-hydrogen) atoms. The number of carboxylic acid groups (broad SMARTS) is 1. The number of fused-ring (bicyclic) bond motifs is 1. The molecule has 4 N–H and O–H groups in total. The van der Waals surface area contributed by atoms with E-state index in [1.54, 1.807) is 0 Å². The van der Waals surface area contributed by atoms with Gasteiger partial charge in [-0.3, -0.25) is 4.79 Å². The van der Waals surface area contributed by atoms with E-state index in [1.807, 2.05) is 27.7 Å². The Morgan fingerprint density at radius 2 is 1.62 bits per heavy atom. The summed E-state index contributed by atoms with van der Waals surface area (Å²) in [6.45, 7) is 16.1. The van der Waals surface area contributed by atoms with Crippen molar-refractivity contribution < 1.29 is 14.7 Å². The van der Waals surface area contributed by atoms with Crippen LogP contribution in [0.3, 0.4) is 0 Å². The third-order valence-corrected chi connectivity index (χ3v) is 6.93. The van der Waals surface area contributed by atoms with E-state index in [2.05, 4.69) is 50.0 Å². The second-order valence-corrected chi connectivity index (χ2v) is 9.94. The number of primary amides is 1. The monoisotopic (exact) mass is 476 g/mol. The number of allylic oxidation sites excluding steroid dienone is 4. The molecule has 3 aliphatic carbocycles. The molecule has 2 amide bonds. The first-order valence-electron chi connectivity index (χ1n) is 13.4. The number of nitrogens with two attached hydrogens (primary N) is 1. The highest BCUT2D eigenvalue weighted by atomic mass is 16.4. The van der Waals surface area contributed by atoms with Gasteiger partial charge in [-0.05, 0) is 49.9 Å². The van der Waals surface area contributed by atoms with Gasteiger partial charge in [0.2, 0.25) is 5.91 Å². The standard InChI is InChI=1S/C14H19NO2.C7H15NO.C6H12.C2H6/c1-9(2)13(15-14(16)17)12-7-10-5-3-4-6-11(10)8-12;1-3-4-5-6(2)7(8)9;1-6-4-2-3-5-6;1-2/h3-6,10-13,15H,1,7-8H2,2H3,(H,16,17);6H,3-5H2,1-2H3,(H2,8,9);6H,2-5H2,1H3;1-2H3. The molecule has 0 heterocycles. The number of rotatable bonds is 7. The van der Waals surface area contributed by atoms with Gasteiger partial charge in [-0.1, -0.05) is 110 Å². The molecule has 0 saturated heterocycles. The summed E-state index contributed by atoms with van der Waals surface area (Å²) in [4.78, 5) is 21.2. The zero-order valence-corrected chi connectivity index (χ0v) is 22.7.